The summed E-state index contributed by atoms with van der Waals surface area (Å²) in [7, 11) is 1.52. The Morgan fingerprint density at radius 1 is 1.22 bits per heavy atom. The van der Waals surface area contributed by atoms with Crippen molar-refractivity contribution in [1.82, 2.24) is 20.2 Å². The fraction of sp³-hybridized carbons (Fsp3) is 0.444. The zero-order valence-corrected chi connectivity index (χ0v) is 15.4. The van der Waals surface area contributed by atoms with Crippen LogP contribution in [0.2, 0.25) is 0 Å². The van der Waals surface area contributed by atoms with E-state index in [2.05, 4.69) is 34.5 Å². The summed E-state index contributed by atoms with van der Waals surface area (Å²) in [6.07, 6.45) is -1.05. The first kappa shape index (κ1) is 20.7. The Bertz CT molecular complexity index is 780. The molecule has 0 aliphatic carbocycles. The molecule has 0 aliphatic rings. The number of nitrogens with one attached hydrogen (secondary N) is 2. The second-order valence-electron chi connectivity index (χ2n) is 6.47. The number of benzene rings is 1. The van der Waals surface area contributed by atoms with E-state index in [1.54, 1.807) is 6.20 Å². The maximum atomic E-state index is 13.2. The van der Waals surface area contributed by atoms with Gasteiger partial charge in [0.25, 0.3) is 0 Å². The molecule has 2 rings (SSSR count). The minimum Gasteiger partial charge on any atom is -0.352 e. The molecular weight excluding hydrogens is 362 g/mol. The molecule has 0 saturated carbocycles. The Kier molecular flexibility index (Phi) is 6.81. The Morgan fingerprint density at radius 2 is 1.93 bits per heavy atom. The zero-order valence-electron chi connectivity index (χ0n) is 15.4. The first-order valence-corrected chi connectivity index (χ1v) is 8.51. The average molecular weight is 385 g/mol. The summed E-state index contributed by atoms with van der Waals surface area (Å²) in [6.45, 7) is 5.23. The van der Waals surface area contributed by atoms with Crippen molar-refractivity contribution in [2.75, 3.05) is 7.05 Å². The number of guanidine groups is 1. The Hall–Kier alpha value is -2.58. The number of nitrogens with zero attached hydrogens (tertiary/aromatic N) is 3. The Balaban J connectivity index is 2.00. The second kappa shape index (κ2) is 8.88. The van der Waals surface area contributed by atoms with Crippen molar-refractivity contribution in [1.29, 1.82) is 0 Å². The standard InChI is InChI=1S/C18H23F4N5/c1-12(2)11-27-7-6-24-16(27)10-26-17(23-3)25-9-13-4-5-14(19)8-15(13)18(20,21)22/h4-8,12H,9-11H2,1-3H3,(H2,23,25,26). The SMILES string of the molecule is CN=C(NCc1ccc(F)cc1C(F)(F)F)NCc1nccn1CC(C)C. The first-order valence-electron chi connectivity index (χ1n) is 8.51. The maximum Gasteiger partial charge on any atom is 0.416 e. The maximum absolute atomic E-state index is 13.2. The third-order valence-electron chi connectivity index (χ3n) is 3.82. The van der Waals surface area contributed by atoms with Crippen LogP contribution >= 0.6 is 0 Å². The lowest BCUT2D eigenvalue weighted by atomic mass is 10.1. The highest BCUT2D eigenvalue weighted by Crippen LogP contribution is 2.32. The van der Waals surface area contributed by atoms with Gasteiger partial charge in [0.1, 0.15) is 11.6 Å². The highest BCUT2D eigenvalue weighted by atomic mass is 19.4. The minimum atomic E-state index is -4.63. The smallest absolute Gasteiger partial charge is 0.352 e. The summed E-state index contributed by atoms with van der Waals surface area (Å²) < 4.78 is 54.4. The van der Waals surface area contributed by atoms with Crippen LogP contribution in [-0.4, -0.2) is 22.6 Å². The third-order valence-corrected chi connectivity index (χ3v) is 3.82. The molecule has 0 fully saturated rings. The van der Waals surface area contributed by atoms with Gasteiger partial charge in [0.05, 0.1) is 12.1 Å². The lowest BCUT2D eigenvalue weighted by Gasteiger charge is -2.16. The molecule has 1 aromatic carbocycles. The molecule has 2 aromatic rings. The molecule has 0 radical (unpaired) electrons. The topological polar surface area (TPSA) is 54.2 Å². The quantitative estimate of drug-likeness (QED) is 0.454. The third kappa shape index (κ3) is 5.97. The molecule has 148 valence electrons. The summed E-state index contributed by atoms with van der Waals surface area (Å²) in [6, 6.07) is 2.62. The number of rotatable bonds is 6. The lowest BCUT2D eigenvalue weighted by Crippen LogP contribution is -2.37. The Labute approximate surface area is 155 Å². The van der Waals surface area contributed by atoms with Gasteiger partial charge in [-0.15, -0.1) is 0 Å². The fourth-order valence-electron chi connectivity index (χ4n) is 2.60. The van der Waals surface area contributed by atoms with E-state index >= 15 is 0 Å². The number of hydrogen-bond donors (Lipinski definition) is 2. The monoisotopic (exact) mass is 385 g/mol. The van der Waals surface area contributed by atoms with Crippen molar-refractivity contribution < 1.29 is 17.6 Å². The molecule has 1 heterocycles. The summed E-state index contributed by atoms with van der Waals surface area (Å²) in [5.41, 5.74) is -1.06. The number of imidazole rings is 1. The van der Waals surface area contributed by atoms with Gasteiger partial charge in [-0.1, -0.05) is 19.9 Å². The first-order chi connectivity index (χ1) is 12.7. The summed E-state index contributed by atoms with van der Waals surface area (Å²) in [5.74, 6) is 0.649. The predicted molar refractivity (Wildman–Crippen MR) is 95.5 cm³/mol. The molecule has 0 amide bonds. The van der Waals surface area contributed by atoms with Crippen LogP contribution in [0.15, 0.2) is 35.6 Å². The van der Waals surface area contributed by atoms with Gasteiger partial charge in [0.15, 0.2) is 5.96 Å². The van der Waals surface area contributed by atoms with Crippen molar-refractivity contribution in [2.45, 2.75) is 39.7 Å². The molecule has 27 heavy (non-hydrogen) atoms. The Morgan fingerprint density at radius 3 is 2.56 bits per heavy atom. The van der Waals surface area contributed by atoms with E-state index < -0.39 is 17.6 Å². The summed E-state index contributed by atoms with van der Waals surface area (Å²) >= 11 is 0. The van der Waals surface area contributed by atoms with Gasteiger partial charge < -0.3 is 15.2 Å². The largest absolute Gasteiger partial charge is 0.416 e. The molecular formula is C18H23F4N5. The molecule has 0 spiro atoms. The van der Waals surface area contributed by atoms with Crippen LogP contribution in [0.3, 0.4) is 0 Å². The van der Waals surface area contributed by atoms with Crippen LogP contribution in [-0.2, 0) is 25.8 Å². The van der Waals surface area contributed by atoms with Crippen molar-refractivity contribution in [3.63, 3.8) is 0 Å². The van der Waals surface area contributed by atoms with Gasteiger partial charge in [0, 0.05) is 32.5 Å². The van der Waals surface area contributed by atoms with Crippen molar-refractivity contribution >= 4 is 5.96 Å². The minimum absolute atomic E-state index is 0.0619. The van der Waals surface area contributed by atoms with Crippen LogP contribution in [0.25, 0.3) is 0 Å². The molecule has 2 N–H and O–H groups in total. The van der Waals surface area contributed by atoms with E-state index in [9.17, 15) is 17.6 Å². The molecule has 1 aromatic heterocycles. The van der Waals surface area contributed by atoms with E-state index in [-0.39, 0.29) is 12.1 Å². The summed E-state index contributed by atoms with van der Waals surface area (Å²) in [4.78, 5) is 8.28. The van der Waals surface area contributed by atoms with Crippen LogP contribution in [0.1, 0.15) is 30.8 Å². The molecule has 0 saturated heterocycles. The summed E-state index contributed by atoms with van der Waals surface area (Å²) in [5, 5.41) is 5.85. The zero-order chi connectivity index (χ0) is 20.0. The molecule has 0 bridgehead atoms. The number of alkyl halides is 3. The van der Waals surface area contributed by atoms with Gasteiger partial charge in [-0.3, -0.25) is 4.99 Å². The number of hydrogen-bond acceptors (Lipinski definition) is 2. The predicted octanol–water partition coefficient (Wildman–Crippen LogP) is 3.56. The van der Waals surface area contributed by atoms with Crippen molar-refractivity contribution in [2.24, 2.45) is 10.9 Å². The highest BCUT2D eigenvalue weighted by molar-refractivity contribution is 5.79. The highest BCUT2D eigenvalue weighted by Gasteiger charge is 2.33. The van der Waals surface area contributed by atoms with E-state index in [1.165, 1.54) is 7.05 Å². The van der Waals surface area contributed by atoms with Gasteiger partial charge in [-0.25, -0.2) is 9.37 Å². The van der Waals surface area contributed by atoms with E-state index in [4.69, 9.17) is 0 Å². The van der Waals surface area contributed by atoms with E-state index in [0.29, 0.717) is 24.5 Å². The van der Waals surface area contributed by atoms with Gasteiger partial charge in [0.2, 0.25) is 0 Å². The molecule has 0 atom stereocenters. The van der Waals surface area contributed by atoms with Crippen LogP contribution < -0.4 is 10.6 Å². The average Bonchev–Trinajstić information content (AvgIpc) is 3.01. The fourth-order valence-corrected chi connectivity index (χ4v) is 2.60. The molecule has 0 unspecified atom stereocenters. The number of aliphatic imine (C=N–C) groups is 1. The number of halogens is 4. The van der Waals surface area contributed by atoms with E-state index in [0.717, 1.165) is 24.5 Å². The lowest BCUT2D eigenvalue weighted by molar-refractivity contribution is -0.138. The second-order valence-corrected chi connectivity index (χ2v) is 6.47. The van der Waals surface area contributed by atoms with Gasteiger partial charge in [-0.2, -0.15) is 13.2 Å². The van der Waals surface area contributed by atoms with Crippen LogP contribution in [0.5, 0.6) is 0 Å². The molecule has 9 heteroatoms. The van der Waals surface area contributed by atoms with Gasteiger partial charge in [-0.05, 0) is 23.6 Å². The number of aromatic nitrogens is 2. The van der Waals surface area contributed by atoms with Gasteiger partial charge >= 0.3 is 6.18 Å². The normalized spacial score (nSPS) is 12.5. The van der Waals surface area contributed by atoms with E-state index in [1.807, 2.05) is 10.8 Å². The van der Waals surface area contributed by atoms with Crippen LogP contribution in [0, 0.1) is 11.7 Å². The van der Waals surface area contributed by atoms with Crippen LogP contribution in [0.4, 0.5) is 17.6 Å². The van der Waals surface area contributed by atoms with Crippen molar-refractivity contribution in [3.8, 4) is 0 Å². The molecule has 5 nitrogen and oxygen atoms in total. The molecule has 0 aliphatic heterocycles. The van der Waals surface area contributed by atoms with Crippen molar-refractivity contribution in [3.05, 3.63) is 53.4 Å².